The zero-order chi connectivity index (χ0) is 21.7. The molecule has 0 atom stereocenters. The highest BCUT2D eigenvalue weighted by Crippen LogP contribution is 2.42. The fraction of sp³-hybridized carbons (Fsp3) is 1.00. The molecule has 0 bridgehead atoms. The van der Waals surface area contributed by atoms with Crippen molar-refractivity contribution in [2.75, 3.05) is 45.4 Å². The van der Waals surface area contributed by atoms with Crippen molar-refractivity contribution in [1.82, 2.24) is 0 Å². The average Bonchev–Trinajstić information content (AvgIpc) is 2.59. The van der Waals surface area contributed by atoms with Gasteiger partial charge in [-0.05, 0) is 53.7 Å². The van der Waals surface area contributed by atoms with Crippen LogP contribution in [0.1, 0.15) is 48.0 Å². The highest BCUT2D eigenvalue weighted by Gasteiger charge is 2.65. The van der Waals surface area contributed by atoms with Gasteiger partial charge in [0.25, 0.3) is 4.67 Å². The molecule has 0 aliphatic rings. The van der Waals surface area contributed by atoms with Crippen LogP contribution in [0.5, 0.6) is 0 Å². The van der Waals surface area contributed by atoms with Gasteiger partial charge >= 0.3 is 17.6 Å². The molecule has 0 aliphatic carbocycles. The zero-order valence-electron chi connectivity index (χ0n) is 17.9. The summed E-state index contributed by atoms with van der Waals surface area (Å²) in [5.74, 6) is 0.761. The highest BCUT2D eigenvalue weighted by molar-refractivity contribution is 8.91. The molecule has 0 spiro atoms. The van der Waals surface area contributed by atoms with Gasteiger partial charge in [-0.1, -0.05) is 0 Å². The van der Waals surface area contributed by atoms with Gasteiger partial charge in [0.05, 0.1) is 0 Å². The Kier molecular flexibility index (Phi) is 16.6. The molecular formula is C15H38O6S4Si3. The molecule has 0 saturated carbocycles. The smallest absolute Gasteiger partial charge is 0.374 e. The summed E-state index contributed by atoms with van der Waals surface area (Å²) in [4.78, 5) is 0. The van der Waals surface area contributed by atoms with Crippen molar-refractivity contribution in [3.8, 4) is 0 Å². The molecule has 0 aromatic rings. The van der Waals surface area contributed by atoms with Crippen molar-refractivity contribution in [3.63, 3.8) is 0 Å². The zero-order valence-corrected chi connectivity index (χ0v) is 24.4. The van der Waals surface area contributed by atoms with Gasteiger partial charge in [-0.25, -0.2) is 0 Å². The van der Waals surface area contributed by atoms with E-state index >= 15 is 0 Å². The van der Waals surface area contributed by atoms with Crippen LogP contribution in [0.2, 0.25) is 5.16 Å². The first kappa shape index (κ1) is 29.8. The highest BCUT2D eigenvalue weighted by atomic mass is 32.9. The Morgan fingerprint density at radius 1 is 0.607 bits per heavy atom. The molecule has 0 aromatic heterocycles. The monoisotopic (exact) mass is 526 g/mol. The molecule has 170 valence electrons. The molecule has 0 amide bonds. The second kappa shape index (κ2) is 15.6. The van der Waals surface area contributed by atoms with E-state index < -0.39 is 22.3 Å². The first-order valence-corrected chi connectivity index (χ1v) is 21.0. The van der Waals surface area contributed by atoms with E-state index in [-0.39, 0.29) is 5.16 Å². The van der Waals surface area contributed by atoms with E-state index in [9.17, 15) is 0 Å². The van der Waals surface area contributed by atoms with Gasteiger partial charge in [0.15, 0.2) is 0 Å². The number of hydrogen-bond acceptors (Lipinski definition) is 10. The fourth-order valence-electron chi connectivity index (χ4n) is 2.94. The summed E-state index contributed by atoms with van der Waals surface area (Å²) in [6, 6.07) is 0. The van der Waals surface area contributed by atoms with Crippen molar-refractivity contribution in [3.05, 3.63) is 0 Å². The van der Waals surface area contributed by atoms with Gasteiger partial charge in [0, 0.05) is 39.6 Å². The van der Waals surface area contributed by atoms with E-state index in [2.05, 4.69) is 36.2 Å². The summed E-state index contributed by atoms with van der Waals surface area (Å²) < 4.78 is 35.2. The van der Waals surface area contributed by atoms with E-state index in [1.165, 1.54) is 0 Å². The third kappa shape index (κ3) is 9.96. The third-order valence-electron chi connectivity index (χ3n) is 3.63. The van der Waals surface area contributed by atoms with E-state index in [0.717, 1.165) is 5.75 Å². The normalized spacial score (nSPS) is 13.5. The minimum atomic E-state index is -3.15. The summed E-state index contributed by atoms with van der Waals surface area (Å²) >= 11 is 15.2. The van der Waals surface area contributed by atoms with Crippen LogP contribution in [0.25, 0.3) is 0 Å². The summed E-state index contributed by atoms with van der Waals surface area (Å²) in [6.07, 6.45) is 0.694. The Labute approximate surface area is 194 Å². The van der Waals surface area contributed by atoms with Crippen molar-refractivity contribution < 1.29 is 26.6 Å². The first-order chi connectivity index (χ1) is 13.2. The van der Waals surface area contributed by atoms with Crippen LogP contribution in [0.3, 0.4) is 0 Å². The van der Waals surface area contributed by atoms with E-state index in [0.29, 0.717) is 46.1 Å². The quantitative estimate of drug-likeness (QED) is 0.181. The molecule has 6 nitrogen and oxygen atoms in total. The molecule has 0 radical (unpaired) electrons. The predicted molar refractivity (Wildman–Crippen MR) is 135 cm³/mol. The maximum Gasteiger partial charge on any atom is 0.508 e. The molecule has 0 N–H and O–H groups in total. The SMILES string of the molecule is CCO[Si](OCC)(OCC)C(CCS[Si](S)(S)S)[Si](OCC)(OCC)OCC. The van der Waals surface area contributed by atoms with Crippen LogP contribution in [0.4, 0.5) is 0 Å². The molecule has 0 fully saturated rings. The molecule has 0 unspecified atom stereocenters. The Balaban J connectivity index is 6.18. The van der Waals surface area contributed by atoms with Crippen molar-refractivity contribution in [2.24, 2.45) is 0 Å². The van der Waals surface area contributed by atoms with Gasteiger partial charge in [-0.2, -0.15) is 47.4 Å². The fourth-order valence-corrected chi connectivity index (χ4v) is 16.0. The summed E-state index contributed by atoms with van der Waals surface area (Å²) in [6.45, 7) is 14.6. The summed E-state index contributed by atoms with van der Waals surface area (Å²) in [5, 5.41) is -0.237. The minimum Gasteiger partial charge on any atom is -0.374 e. The topological polar surface area (TPSA) is 55.4 Å². The van der Waals surface area contributed by atoms with Gasteiger partial charge in [-0.15, -0.1) is 0 Å². The molecule has 13 heteroatoms. The van der Waals surface area contributed by atoms with Crippen molar-refractivity contribution in [2.45, 2.75) is 53.1 Å². The largest absolute Gasteiger partial charge is 0.508 e. The van der Waals surface area contributed by atoms with Crippen molar-refractivity contribution >= 4 is 69.7 Å². The van der Waals surface area contributed by atoms with Gasteiger partial charge in [0.2, 0.25) is 0 Å². The molecule has 0 aromatic carbocycles. The lowest BCUT2D eigenvalue weighted by Gasteiger charge is -2.42. The second-order valence-corrected chi connectivity index (χ2v) is 28.2. The lowest BCUT2D eigenvalue weighted by Crippen LogP contribution is -2.64. The minimum absolute atomic E-state index is 0.237. The van der Waals surface area contributed by atoms with Gasteiger partial charge < -0.3 is 26.6 Å². The second-order valence-electron chi connectivity index (χ2n) is 5.57. The number of rotatable bonds is 18. The standard InChI is InChI=1S/C15H38O6S4Si3/c1-7-16-26(17-8-2,18-9-3)15(13-14-25-28(22,23)24)27(19-10-4,20-11-5)21-12-6/h15,22-24H,7-14H2,1-6H3. The van der Waals surface area contributed by atoms with Crippen LogP contribution in [-0.2, 0) is 26.6 Å². The molecule has 0 rings (SSSR count). The van der Waals surface area contributed by atoms with Gasteiger partial charge in [-0.3, -0.25) is 0 Å². The molecule has 28 heavy (non-hydrogen) atoms. The number of thiol groups is 3. The third-order valence-corrected chi connectivity index (χ3v) is 18.3. The first-order valence-electron chi connectivity index (χ1n) is 9.85. The van der Waals surface area contributed by atoms with Crippen LogP contribution >= 0.6 is 47.4 Å². The maximum absolute atomic E-state index is 6.23. The number of hydrogen-bond donors (Lipinski definition) is 3. The Bertz CT molecular complexity index is 346. The Morgan fingerprint density at radius 3 is 1.11 bits per heavy atom. The van der Waals surface area contributed by atoms with Gasteiger partial charge in [0.1, 0.15) is 5.16 Å². The lowest BCUT2D eigenvalue weighted by atomic mass is 10.6. The Hall–Kier alpha value is 1.81. The maximum atomic E-state index is 6.23. The molecular weight excluding hydrogens is 489 g/mol. The molecule has 0 heterocycles. The summed E-state index contributed by atoms with van der Waals surface area (Å²) in [7, 11) is -6.31. The van der Waals surface area contributed by atoms with E-state index in [4.69, 9.17) is 26.6 Å². The molecule has 0 saturated heterocycles. The molecule has 0 aliphatic heterocycles. The van der Waals surface area contributed by atoms with Crippen molar-refractivity contribution in [1.29, 1.82) is 0 Å². The van der Waals surface area contributed by atoms with Crippen LogP contribution in [-0.4, -0.2) is 67.7 Å². The van der Waals surface area contributed by atoms with Crippen LogP contribution in [0, 0.1) is 0 Å². The predicted octanol–water partition coefficient (Wildman–Crippen LogP) is 4.34. The average molecular weight is 527 g/mol. The van der Waals surface area contributed by atoms with E-state index in [1.807, 2.05) is 41.5 Å². The van der Waals surface area contributed by atoms with E-state index in [1.54, 1.807) is 11.2 Å². The lowest BCUT2D eigenvalue weighted by molar-refractivity contribution is 0.0322. The summed E-state index contributed by atoms with van der Waals surface area (Å²) in [5.41, 5.74) is 0. The van der Waals surface area contributed by atoms with Crippen LogP contribution in [0.15, 0.2) is 0 Å². The Morgan fingerprint density at radius 2 is 0.893 bits per heavy atom. The van der Waals surface area contributed by atoms with Crippen LogP contribution < -0.4 is 0 Å².